The van der Waals surface area contributed by atoms with Gasteiger partial charge in [0.05, 0.1) is 9.88 Å². The predicted molar refractivity (Wildman–Crippen MR) is 62.0 cm³/mol. The molecule has 4 heteroatoms. The molecule has 0 fully saturated rings. The van der Waals surface area contributed by atoms with E-state index in [2.05, 4.69) is 4.98 Å². The molecular formula is C12H12FNOS. The van der Waals surface area contributed by atoms with Gasteiger partial charge in [0, 0.05) is 6.20 Å². The Balaban J connectivity index is 2.37. The molecule has 0 saturated heterocycles. The third-order valence-corrected chi connectivity index (χ3v) is 3.25. The lowest BCUT2D eigenvalue weighted by Gasteiger charge is -2.09. The lowest BCUT2D eigenvalue weighted by atomic mass is 10.1. The number of nitrogens with zero attached hydrogens (tertiary/aromatic N) is 1. The minimum atomic E-state index is -0.791. The van der Waals surface area contributed by atoms with Crippen LogP contribution in [0.25, 0.3) is 0 Å². The van der Waals surface area contributed by atoms with Gasteiger partial charge < -0.3 is 5.11 Å². The molecule has 1 heterocycles. The highest BCUT2D eigenvalue weighted by molar-refractivity contribution is 7.11. The Kier molecular flexibility index (Phi) is 3.03. The smallest absolute Gasteiger partial charge is 0.123 e. The van der Waals surface area contributed by atoms with Crippen molar-refractivity contribution in [2.45, 2.75) is 20.0 Å². The Hall–Kier alpha value is -1.26. The zero-order valence-electron chi connectivity index (χ0n) is 9.07. The average Bonchev–Trinajstić information content (AvgIpc) is 2.62. The number of hydrogen-bond acceptors (Lipinski definition) is 3. The van der Waals surface area contributed by atoms with Crippen molar-refractivity contribution >= 4 is 11.3 Å². The van der Waals surface area contributed by atoms with Crippen LogP contribution in [0.1, 0.15) is 27.1 Å². The Morgan fingerprint density at radius 2 is 2.06 bits per heavy atom. The minimum Gasteiger partial charge on any atom is -0.383 e. The van der Waals surface area contributed by atoms with Gasteiger partial charge in [0.25, 0.3) is 0 Å². The second kappa shape index (κ2) is 4.31. The van der Waals surface area contributed by atoms with E-state index < -0.39 is 6.10 Å². The largest absolute Gasteiger partial charge is 0.383 e. The average molecular weight is 237 g/mol. The van der Waals surface area contributed by atoms with E-state index in [4.69, 9.17) is 0 Å². The highest BCUT2D eigenvalue weighted by Gasteiger charge is 2.14. The molecule has 2 rings (SSSR count). The van der Waals surface area contributed by atoms with Crippen LogP contribution in [0.2, 0.25) is 0 Å². The first-order valence-electron chi connectivity index (χ1n) is 4.94. The van der Waals surface area contributed by atoms with Gasteiger partial charge in [0.15, 0.2) is 0 Å². The first-order valence-corrected chi connectivity index (χ1v) is 5.75. The van der Waals surface area contributed by atoms with Crippen LogP contribution in [0.5, 0.6) is 0 Å². The Bertz CT molecular complexity index is 489. The van der Waals surface area contributed by atoms with Crippen LogP contribution >= 0.6 is 11.3 Å². The number of aliphatic hydroxyl groups is 1. The van der Waals surface area contributed by atoms with Gasteiger partial charge >= 0.3 is 0 Å². The highest BCUT2D eigenvalue weighted by Crippen LogP contribution is 2.27. The van der Waals surface area contributed by atoms with Gasteiger partial charge in [-0.25, -0.2) is 9.37 Å². The zero-order chi connectivity index (χ0) is 11.7. The fraction of sp³-hybridized carbons (Fsp3) is 0.250. The number of thiazole rings is 1. The van der Waals surface area contributed by atoms with Gasteiger partial charge in [-0.1, -0.05) is 6.07 Å². The minimum absolute atomic E-state index is 0.324. The molecule has 0 bridgehead atoms. The van der Waals surface area contributed by atoms with Crippen molar-refractivity contribution in [3.05, 3.63) is 51.2 Å². The van der Waals surface area contributed by atoms with Crippen molar-refractivity contribution in [1.82, 2.24) is 4.98 Å². The molecule has 0 aliphatic carbocycles. The van der Waals surface area contributed by atoms with Crippen LogP contribution in [-0.2, 0) is 0 Å². The van der Waals surface area contributed by atoms with Crippen LogP contribution in [0.3, 0.4) is 0 Å². The van der Waals surface area contributed by atoms with Crippen molar-refractivity contribution in [1.29, 1.82) is 0 Å². The molecular weight excluding hydrogens is 225 g/mol. The number of aliphatic hydroxyl groups excluding tert-OH is 1. The molecule has 0 spiro atoms. The normalized spacial score (nSPS) is 12.8. The van der Waals surface area contributed by atoms with Gasteiger partial charge in [-0.3, -0.25) is 0 Å². The van der Waals surface area contributed by atoms with Gasteiger partial charge in [-0.15, -0.1) is 11.3 Å². The summed E-state index contributed by atoms with van der Waals surface area (Å²) in [5, 5.41) is 10.9. The van der Waals surface area contributed by atoms with Crippen LogP contribution in [0.4, 0.5) is 4.39 Å². The van der Waals surface area contributed by atoms with Gasteiger partial charge in [0.1, 0.15) is 11.9 Å². The number of aryl methyl sites for hydroxylation is 2. The van der Waals surface area contributed by atoms with Crippen molar-refractivity contribution in [3.8, 4) is 0 Å². The molecule has 1 aromatic carbocycles. The monoisotopic (exact) mass is 237 g/mol. The van der Waals surface area contributed by atoms with E-state index in [0.717, 1.165) is 15.4 Å². The van der Waals surface area contributed by atoms with Crippen molar-refractivity contribution in [2.24, 2.45) is 0 Å². The molecule has 16 heavy (non-hydrogen) atoms. The van der Waals surface area contributed by atoms with Gasteiger partial charge in [-0.2, -0.15) is 0 Å². The first kappa shape index (κ1) is 11.2. The van der Waals surface area contributed by atoms with E-state index in [1.54, 1.807) is 19.2 Å². The second-order valence-electron chi connectivity index (χ2n) is 3.75. The maximum Gasteiger partial charge on any atom is 0.123 e. The first-order chi connectivity index (χ1) is 7.56. The van der Waals surface area contributed by atoms with E-state index in [-0.39, 0.29) is 5.82 Å². The van der Waals surface area contributed by atoms with E-state index in [0.29, 0.717) is 5.56 Å². The second-order valence-corrected chi connectivity index (χ2v) is 5.01. The molecule has 1 N–H and O–H groups in total. The number of rotatable bonds is 2. The summed E-state index contributed by atoms with van der Waals surface area (Å²) in [6, 6.07) is 4.57. The molecule has 0 aliphatic rings. The van der Waals surface area contributed by atoms with Crippen molar-refractivity contribution in [2.75, 3.05) is 0 Å². The third kappa shape index (κ3) is 2.28. The molecule has 2 aromatic rings. The summed E-state index contributed by atoms with van der Waals surface area (Å²) >= 11 is 1.42. The zero-order valence-corrected chi connectivity index (χ0v) is 9.88. The standard InChI is InChI=1S/C12H12FNOS/c1-7-3-9(5-10(13)4-7)12(15)11-6-14-8(2)16-11/h3-6,12,15H,1-2H3. The Morgan fingerprint density at radius 3 is 2.62 bits per heavy atom. The quantitative estimate of drug-likeness (QED) is 0.871. The third-order valence-electron chi connectivity index (χ3n) is 2.29. The maximum atomic E-state index is 13.2. The fourth-order valence-corrected chi connectivity index (χ4v) is 2.39. The molecule has 0 saturated carbocycles. The van der Waals surface area contributed by atoms with Crippen molar-refractivity contribution in [3.63, 3.8) is 0 Å². The Labute approximate surface area is 97.4 Å². The lowest BCUT2D eigenvalue weighted by Crippen LogP contribution is -1.98. The summed E-state index contributed by atoms with van der Waals surface area (Å²) in [4.78, 5) is 4.81. The molecule has 0 amide bonds. The number of benzene rings is 1. The van der Waals surface area contributed by atoms with E-state index in [9.17, 15) is 9.50 Å². The maximum absolute atomic E-state index is 13.2. The van der Waals surface area contributed by atoms with Crippen molar-refractivity contribution < 1.29 is 9.50 Å². The van der Waals surface area contributed by atoms with E-state index in [1.165, 1.54) is 23.5 Å². The SMILES string of the molecule is Cc1cc(F)cc(C(O)c2cnc(C)s2)c1. The molecule has 84 valence electrons. The number of hydrogen-bond donors (Lipinski definition) is 1. The van der Waals surface area contributed by atoms with Crippen LogP contribution in [0, 0.1) is 19.7 Å². The number of aromatic nitrogens is 1. The van der Waals surface area contributed by atoms with Crippen LogP contribution in [-0.4, -0.2) is 10.1 Å². The molecule has 1 atom stereocenters. The summed E-state index contributed by atoms with van der Waals surface area (Å²) in [7, 11) is 0. The van der Waals surface area contributed by atoms with Crippen LogP contribution in [0.15, 0.2) is 24.4 Å². The molecule has 0 radical (unpaired) electrons. The molecule has 2 nitrogen and oxygen atoms in total. The van der Waals surface area contributed by atoms with Crippen LogP contribution < -0.4 is 0 Å². The topological polar surface area (TPSA) is 33.1 Å². The molecule has 1 unspecified atom stereocenters. The van der Waals surface area contributed by atoms with E-state index in [1.807, 2.05) is 6.92 Å². The summed E-state index contributed by atoms with van der Waals surface area (Å²) in [6.07, 6.45) is 0.839. The highest BCUT2D eigenvalue weighted by atomic mass is 32.1. The predicted octanol–water partition coefficient (Wildman–Crippen LogP) is 2.98. The molecule has 1 aromatic heterocycles. The summed E-state index contributed by atoms with van der Waals surface area (Å²) < 4.78 is 13.2. The van der Waals surface area contributed by atoms with Gasteiger partial charge in [0.2, 0.25) is 0 Å². The lowest BCUT2D eigenvalue weighted by molar-refractivity contribution is 0.223. The van der Waals surface area contributed by atoms with Gasteiger partial charge in [-0.05, 0) is 37.1 Å². The summed E-state index contributed by atoms with van der Waals surface area (Å²) in [5.74, 6) is -0.324. The van der Waals surface area contributed by atoms with E-state index >= 15 is 0 Å². The summed E-state index contributed by atoms with van der Waals surface area (Å²) in [6.45, 7) is 3.68. The summed E-state index contributed by atoms with van der Waals surface area (Å²) in [5.41, 5.74) is 1.37. The Morgan fingerprint density at radius 1 is 1.31 bits per heavy atom. The fourth-order valence-electron chi connectivity index (χ4n) is 1.59. The molecule has 0 aliphatic heterocycles. The number of halogens is 1.